The van der Waals surface area contributed by atoms with Crippen LogP contribution < -0.4 is 0 Å². The SMILES string of the molecule is COC(=O)c1cccc(C23CCC(CC2)C3)c1. The summed E-state index contributed by atoms with van der Waals surface area (Å²) in [6.45, 7) is 0. The molecule has 0 atom stereocenters. The van der Waals surface area contributed by atoms with Gasteiger partial charge in [0.15, 0.2) is 0 Å². The monoisotopic (exact) mass is 230 g/mol. The highest BCUT2D eigenvalue weighted by molar-refractivity contribution is 5.89. The molecule has 0 amide bonds. The molecule has 2 aliphatic carbocycles. The second kappa shape index (κ2) is 3.86. The Bertz CT molecular complexity index is 442. The lowest BCUT2D eigenvalue weighted by Gasteiger charge is -2.27. The molecule has 2 heteroatoms. The molecule has 0 radical (unpaired) electrons. The van der Waals surface area contributed by atoms with Gasteiger partial charge >= 0.3 is 5.97 Å². The first-order chi connectivity index (χ1) is 8.23. The first-order valence-corrected chi connectivity index (χ1v) is 6.42. The van der Waals surface area contributed by atoms with Gasteiger partial charge in [-0.2, -0.15) is 0 Å². The summed E-state index contributed by atoms with van der Waals surface area (Å²) < 4.78 is 4.79. The quantitative estimate of drug-likeness (QED) is 0.729. The number of carbonyl (C=O) groups excluding carboxylic acids is 1. The summed E-state index contributed by atoms with van der Waals surface area (Å²) in [5, 5.41) is 0. The molecule has 1 aromatic rings. The van der Waals surface area contributed by atoms with Crippen LogP contribution in [0.3, 0.4) is 0 Å². The molecule has 0 aromatic heterocycles. The Labute approximate surface area is 102 Å². The number of benzene rings is 1. The van der Waals surface area contributed by atoms with Gasteiger partial charge in [0, 0.05) is 0 Å². The predicted molar refractivity (Wildman–Crippen MR) is 66.0 cm³/mol. The highest BCUT2D eigenvalue weighted by atomic mass is 16.5. The van der Waals surface area contributed by atoms with Crippen LogP contribution in [0.2, 0.25) is 0 Å². The summed E-state index contributed by atoms with van der Waals surface area (Å²) in [5.41, 5.74) is 2.41. The molecule has 2 aliphatic rings. The molecule has 0 unspecified atom stereocenters. The maximum absolute atomic E-state index is 11.6. The zero-order valence-corrected chi connectivity index (χ0v) is 10.2. The maximum Gasteiger partial charge on any atom is 0.337 e. The topological polar surface area (TPSA) is 26.3 Å². The standard InChI is InChI=1S/C15H18O2/c1-17-14(16)12-3-2-4-13(9-12)15-7-5-11(10-15)6-8-15/h2-4,9,11H,5-8,10H2,1H3. The Hall–Kier alpha value is -1.31. The first kappa shape index (κ1) is 10.8. The van der Waals surface area contributed by atoms with Crippen LogP contribution in [0, 0.1) is 5.92 Å². The highest BCUT2D eigenvalue weighted by Gasteiger charge is 2.45. The van der Waals surface area contributed by atoms with Crippen LogP contribution in [0.4, 0.5) is 0 Å². The molecule has 2 bridgehead atoms. The number of fused-ring (bicyclic) bond motifs is 2. The van der Waals surface area contributed by atoms with E-state index in [-0.39, 0.29) is 5.97 Å². The number of esters is 1. The van der Waals surface area contributed by atoms with E-state index in [4.69, 9.17) is 4.74 Å². The fourth-order valence-corrected chi connectivity index (χ4v) is 3.69. The van der Waals surface area contributed by atoms with E-state index >= 15 is 0 Å². The molecule has 0 heterocycles. The summed E-state index contributed by atoms with van der Waals surface area (Å²) in [7, 11) is 1.44. The Morgan fingerprint density at radius 3 is 2.71 bits per heavy atom. The Morgan fingerprint density at radius 2 is 2.12 bits per heavy atom. The second-order valence-electron chi connectivity index (χ2n) is 5.50. The minimum Gasteiger partial charge on any atom is -0.465 e. The molecule has 2 saturated carbocycles. The predicted octanol–water partition coefficient (Wildman–Crippen LogP) is 3.30. The van der Waals surface area contributed by atoms with E-state index in [1.165, 1.54) is 44.8 Å². The maximum atomic E-state index is 11.6. The van der Waals surface area contributed by atoms with Gasteiger partial charge in [-0.05, 0) is 61.1 Å². The smallest absolute Gasteiger partial charge is 0.337 e. The molecular weight excluding hydrogens is 212 g/mol. The molecule has 0 saturated heterocycles. The van der Waals surface area contributed by atoms with Gasteiger partial charge in [-0.25, -0.2) is 4.79 Å². The van der Waals surface area contributed by atoms with Crippen molar-refractivity contribution in [1.82, 2.24) is 0 Å². The number of methoxy groups -OCH3 is 1. The number of ether oxygens (including phenoxy) is 1. The van der Waals surface area contributed by atoms with E-state index in [1.807, 2.05) is 18.2 Å². The Balaban J connectivity index is 1.96. The first-order valence-electron chi connectivity index (χ1n) is 6.42. The molecule has 2 fully saturated rings. The van der Waals surface area contributed by atoms with E-state index in [0.717, 1.165) is 5.92 Å². The van der Waals surface area contributed by atoms with E-state index in [2.05, 4.69) is 6.07 Å². The molecule has 2 nitrogen and oxygen atoms in total. The minimum atomic E-state index is -0.226. The van der Waals surface area contributed by atoms with Crippen molar-refractivity contribution in [2.24, 2.45) is 5.92 Å². The van der Waals surface area contributed by atoms with Crippen molar-refractivity contribution in [2.45, 2.75) is 37.5 Å². The van der Waals surface area contributed by atoms with Crippen molar-refractivity contribution in [3.63, 3.8) is 0 Å². The van der Waals surface area contributed by atoms with Crippen molar-refractivity contribution in [3.05, 3.63) is 35.4 Å². The van der Waals surface area contributed by atoms with Gasteiger partial charge in [0.1, 0.15) is 0 Å². The third-order valence-corrected chi connectivity index (χ3v) is 4.64. The van der Waals surface area contributed by atoms with E-state index in [1.54, 1.807) is 0 Å². The molecule has 0 aliphatic heterocycles. The van der Waals surface area contributed by atoms with Gasteiger partial charge < -0.3 is 4.74 Å². The fourth-order valence-electron chi connectivity index (χ4n) is 3.69. The van der Waals surface area contributed by atoms with Crippen LogP contribution in [-0.2, 0) is 10.2 Å². The average Bonchev–Trinajstić information content (AvgIpc) is 2.99. The van der Waals surface area contributed by atoms with E-state index < -0.39 is 0 Å². The van der Waals surface area contributed by atoms with Gasteiger partial charge in [-0.3, -0.25) is 0 Å². The van der Waals surface area contributed by atoms with Gasteiger partial charge in [-0.15, -0.1) is 0 Å². The highest BCUT2D eigenvalue weighted by Crippen LogP contribution is 2.55. The van der Waals surface area contributed by atoms with Crippen LogP contribution in [0.25, 0.3) is 0 Å². The largest absolute Gasteiger partial charge is 0.465 e. The zero-order valence-electron chi connectivity index (χ0n) is 10.2. The number of hydrogen-bond donors (Lipinski definition) is 0. The van der Waals surface area contributed by atoms with Crippen LogP contribution in [-0.4, -0.2) is 13.1 Å². The van der Waals surface area contributed by atoms with Crippen LogP contribution in [0.1, 0.15) is 48.0 Å². The third kappa shape index (κ3) is 1.67. The van der Waals surface area contributed by atoms with Gasteiger partial charge in [0.05, 0.1) is 12.7 Å². The van der Waals surface area contributed by atoms with Gasteiger partial charge in [0.2, 0.25) is 0 Å². The molecule has 0 N–H and O–H groups in total. The third-order valence-electron chi connectivity index (χ3n) is 4.64. The average molecular weight is 230 g/mol. The normalized spacial score (nSPS) is 30.5. The van der Waals surface area contributed by atoms with Gasteiger partial charge in [-0.1, -0.05) is 12.1 Å². The molecule has 0 spiro atoms. The van der Waals surface area contributed by atoms with Crippen molar-refractivity contribution in [2.75, 3.05) is 7.11 Å². The fraction of sp³-hybridized carbons (Fsp3) is 0.533. The lowest BCUT2D eigenvalue weighted by molar-refractivity contribution is 0.0600. The summed E-state index contributed by atoms with van der Waals surface area (Å²) >= 11 is 0. The van der Waals surface area contributed by atoms with Crippen molar-refractivity contribution in [3.8, 4) is 0 Å². The number of rotatable bonds is 2. The van der Waals surface area contributed by atoms with E-state index in [0.29, 0.717) is 11.0 Å². The summed E-state index contributed by atoms with van der Waals surface area (Å²) in [6, 6.07) is 8.05. The van der Waals surface area contributed by atoms with Crippen molar-refractivity contribution >= 4 is 5.97 Å². The summed E-state index contributed by atoms with van der Waals surface area (Å²) in [4.78, 5) is 11.6. The molecule has 3 rings (SSSR count). The van der Waals surface area contributed by atoms with E-state index in [9.17, 15) is 4.79 Å². The van der Waals surface area contributed by atoms with Crippen molar-refractivity contribution in [1.29, 1.82) is 0 Å². The molecular formula is C15H18O2. The summed E-state index contributed by atoms with van der Waals surface area (Å²) in [5.74, 6) is 0.701. The lowest BCUT2D eigenvalue weighted by atomic mass is 9.77. The number of hydrogen-bond acceptors (Lipinski definition) is 2. The zero-order chi connectivity index (χ0) is 11.9. The summed E-state index contributed by atoms with van der Waals surface area (Å²) in [6.07, 6.45) is 6.63. The van der Waals surface area contributed by atoms with Crippen molar-refractivity contribution < 1.29 is 9.53 Å². The molecule has 1 aromatic carbocycles. The molecule has 17 heavy (non-hydrogen) atoms. The van der Waals surface area contributed by atoms with Crippen LogP contribution >= 0.6 is 0 Å². The second-order valence-corrected chi connectivity index (χ2v) is 5.50. The van der Waals surface area contributed by atoms with Crippen LogP contribution in [0.5, 0.6) is 0 Å². The lowest BCUT2D eigenvalue weighted by Crippen LogP contribution is -2.20. The molecule has 90 valence electrons. The minimum absolute atomic E-state index is 0.226. The van der Waals surface area contributed by atoms with Crippen LogP contribution in [0.15, 0.2) is 24.3 Å². The Morgan fingerprint density at radius 1 is 1.35 bits per heavy atom. The Kier molecular flexibility index (Phi) is 2.46. The number of carbonyl (C=O) groups is 1. The van der Waals surface area contributed by atoms with Gasteiger partial charge in [0.25, 0.3) is 0 Å².